The molecule has 100 valence electrons. The van der Waals surface area contributed by atoms with Gasteiger partial charge in [0.2, 0.25) is 0 Å². The summed E-state index contributed by atoms with van der Waals surface area (Å²) in [6.45, 7) is 7.49. The molecule has 0 radical (unpaired) electrons. The number of carboxylic acid groups (broad SMARTS) is 1. The minimum absolute atomic E-state index is 0.324. The van der Waals surface area contributed by atoms with Crippen LogP contribution in [0.3, 0.4) is 0 Å². The van der Waals surface area contributed by atoms with Crippen molar-refractivity contribution in [3.63, 3.8) is 0 Å². The predicted octanol–water partition coefficient (Wildman–Crippen LogP) is 2.29. The van der Waals surface area contributed by atoms with Gasteiger partial charge in [-0.05, 0) is 27.2 Å². The third-order valence-corrected chi connectivity index (χ3v) is 2.66. The molecule has 0 bridgehead atoms. The van der Waals surface area contributed by atoms with Gasteiger partial charge in [0.1, 0.15) is 5.82 Å². The monoisotopic (exact) mass is 252 g/mol. The van der Waals surface area contributed by atoms with Crippen LogP contribution in [0.5, 0.6) is 0 Å². The molecule has 1 heterocycles. The van der Waals surface area contributed by atoms with Crippen molar-refractivity contribution in [3.05, 3.63) is 18.1 Å². The Bertz CT molecular complexity index is 411. The van der Waals surface area contributed by atoms with E-state index >= 15 is 0 Å². The molecule has 0 aliphatic carbocycles. The average molecular weight is 252 g/mol. The van der Waals surface area contributed by atoms with Crippen molar-refractivity contribution < 1.29 is 9.90 Å². The third-order valence-electron chi connectivity index (χ3n) is 2.66. The highest BCUT2D eigenvalue weighted by Crippen LogP contribution is 2.29. The Morgan fingerprint density at radius 3 is 2.39 bits per heavy atom. The van der Waals surface area contributed by atoms with Crippen LogP contribution in [-0.2, 0) is 0 Å². The highest BCUT2D eigenvalue weighted by atomic mass is 16.4. The van der Waals surface area contributed by atoms with Crippen molar-refractivity contribution >= 4 is 11.9 Å². The van der Waals surface area contributed by atoms with Gasteiger partial charge in [-0.3, -0.25) is 9.88 Å². The molecule has 1 atom stereocenters. The number of nitrogens with two attached hydrogens (primary N) is 1. The van der Waals surface area contributed by atoms with E-state index in [1.807, 2.05) is 27.7 Å². The number of anilines is 1. The van der Waals surface area contributed by atoms with E-state index in [0.29, 0.717) is 17.9 Å². The van der Waals surface area contributed by atoms with E-state index < -0.39 is 11.6 Å². The molecule has 18 heavy (non-hydrogen) atoms. The number of nitrogen functional groups attached to an aromatic ring is 1. The zero-order valence-electron chi connectivity index (χ0n) is 11.2. The Morgan fingerprint density at radius 1 is 1.44 bits per heavy atom. The summed E-state index contributed by atoms with van der Waals surface area (Å²) < 4.78 is 0. The van der Waals surface area contributed by atoms with Gasteiger partial charge in [0.25, 0.3) is 0 Å². The first kappa shape index (κ1) is 14.2. The highest BCUT2D eigenvalue weighted by molar-refractivity contribution is 5.66. The second kappa shape index (κ2) is 5.20. The Kier molecular flexibility index (Phi) is 4.11. The number of hydrogen-bond donors (Lipinski definition) is 2. The molecule has 1 amide bonds. The van der Waals surface area contributed by atoms with Gasteiger partial charge in [0, 0.05) is 5.54 Å². The molecule has 0 fully saturated rings. The van der Waals surface area contributed by atoms with Crippen LogP contribution in [0, 0.1) is 0 Å². The topological polar surface area (TPSA) is 92.3 Å². The smallest absolute Gasteiger partial charge is 0.408 e. The molecule has 0 saturated heterocycles. The SMILES string of the molecule is CC[C@@H](c1cnc(N)cn1)N(C(=O)O)C(C)(C)C. The molecule has 0 saturated carbocycles. The van der Waals surface area contributed by atoms with Crippen LogP contribution < -0.4 is 5.73 Å². The molecular formula is C12H20N4O2. The maximum Gasteiger partial charge on any atom is 0.408 e. The van der Waals surface area contributed by atoms with Crippen molar-refractivity contribution in [2.75, 3.05) is 5.73 Å². The fraction of sp³-hybridized carbons (Fsp3) is 0.583. The third kappa shape index (κ3) is 3.09. The minimum Gasteiger partial charge on any atom is -0.465 e. The fourth-order valence-corrected chi connectivity index (χ4v) is 1.93. The standard InChI is InChI=1S/C12H20N4O2/c1-5-9(8-6-15-10(13)7-14-8)16(11(17)18)12(2,3)4/h6-7,9H,5H2,1-4H3,(H2,13,15)(H,17,18)/t9-/m0/s1. The van der Waals surface area contributed by atoms with Crippen LogP contribution in [-0.4, -0.2) is 31.6 Å². The molecule has 6 nitrogen and oxygen atoms in total. The maximum atomic E-state index is 11.4. The van der Waals surface area contributed by atoms with E-state index in [2.05, 4.69) is 9.97 Å². The number of amides is 1. The molecule has 6 heteroatoms. The van der Waals surface area contributed by atoms with E-state index in [0.717, 1.165) is 0 Å². The largest absolute Gasteiger partial charge is 0.465 e. The van der Waals surface area contributed by atoms with Crippen molar-refractivity contribution in [2.24, 2.45) is 0 Å². The lowest BCUT2D eigenvalue weighted by Crippen LogP contribution is -2.47. The van der Waals surface area contributed by atoms with Crippen LogP contribution in [0.1, 0.15) is 45.9 Å². The Labute approximate surface area is 107 Å². The first-order chi connectivity index (χ1) is 8.27. The zero-order chi connectivity index (χ0) is 13.9. The van der Waals surface area contributed by atoms with Crippen molar-refractivity contribution in [2.45, 2.75) is 45.7 Å². The number of hydrogen-bond acceptors (Lipinski definition) is 4. The molecular weight excluding hydrogens is 232 g/mol. The minimum atomic E-state index is -0.965. The quantitative estimate of drug-likeness (QED) is 0.861. The van der Waals surface area contributed by atoms with E-state index in [4.69, 9.17) is 5.73 Å². The fourth-order valence-electron chi connectivity index (χ4n) is 1.93. The molecule has 1 aromatic rings. The Hall–Kier alpha value is -1.85. The molecule has 1 aromatic heterocycles. The molecule has 0 aliphatic rings. The lowest BCUT2D eigenvalue weighted by Gasteiger charge is -2.38. The van der Waals surface area contributed by atoms with Gasteiger partial charge in [-0.25, -0.2) is 9.78 Å². The molecule has 0 aromatic carbocycles. The number of rotatable bonds is 3. The lowest BCUT2D eigenvalue weighted by atomic mass is 10.0. The number of carbonyl (C=O) groups is 1. The second-order valence-corrected chi connectivity index (χ2v) is 5.11. The lowest BCUT2D eigenvalue weighted by molar-refractivity contribution is 0.0668. The molecule has 3 N–H and O–H groups in total. The molecule has 0 aliphatic heterocycles. The van der Waals surface area contributed by atoms with E-state index in [9.17, 15) is 9.90 Å². The molecule has 0 unspecified atom stereocenters. The normalized spacial score (nSPS) is 13.1. The van der Waals surface area contributed by atoms with Gasteiger partial charge in [-0.15, -0.1) is 0 Å². The Balaban J connectivity index is 3.14. The van der Waals surface area contributed by atoms with Crippen molar-refractivity contribution in [1.82, 2.24) is 14.9 Å². The first-order valence-electron chi connectivity index (χ1n) is 5.87. The van der Waals surface area contributed by atoms with Crippen LogP contribution in [0.15, 0.2) is 12.4 Å². The second-order valence-electron chi connectivity index (χ2n) is 5.11. The van der Waals surface area contributed by atoms with Gasteiger partial charge in [-0.1, -0.05) is 6.92 Å². The summed E-state index contributed by atoms with van der Waals surface area (Å²) in [5, 5.41) is 9.38. The van der Waals surface area contributed by atoms with Crippen molar-refractivity contribution in [1.29, 1.82) is 0 Å². The van der Waals surface area contributed by atoms with E-state index in [1.165, 1.54) is 17.3 Å². The molecule has 1 rings (SSSR count). The van der Waals surface area contributed by atoms with Gasteiger partial charge in [-0.2, -0.15) is 0 Å². The summed E-state index contributed by atoms with van der Waals surface area (Å²) in [4.78, 5) is 21.0. The number of aromatic nitrogens is 2. The average Bonchev–Trinajstić information content (AvgIpc) is 2.24. The van der Waals surface area contributed by atoms with Gasteiger partial charge < -0.3 is 10.8 Å². The zero-order valence-corrected chi connectivity index (χ0v) is 11.2. The summed E-state index contributed by atoms with van der Waals surface area (Å²) >= 11 is 0. The van der Waals surface area contributed by atoms with Crippen molar-refractivity contribution in [3.8, 4) is 0 Å². The van der Waals surface area contributed by atoms with Crippen LogP contribution in [0.25, 0.3) is 0 Å². The Morgan fingerprint density at radius 2 is 2.06 bits per heavy atom. The van der Waals surface area contributed by atoms with E-state index in [1.54, 1.807) is 0 Å². The highest BCUT2D eigenvalue weighted by Gasteiger charge is 2.33. The van der Waals surface area contributed by atoms with Gasteiger partial charge in [0.15, 0.2) is 0 Å². The molecule has 0 spiro atoms. The van der Waals surface area contributed by atoms with Gasteiger partial charge in [0.05, 0.1) is 24.1 Å². The number of nitrogens with zero attached hydrogens (tertiary/aromatic N) is 3. The maximum absolute atomic E-state index is 11.4. The van der Waals surface area contributed by atoms with Crippen LogP contribution >= 0.6 is 0 Å². The van der Waals surface area contributed by atoms with E-state index in [-0.39, 0.29) is 6.04 Å². The first-order valence-corrected chi connectivity index (χ1v) is 5.87. The summed E-state index contributed by atoms with van der Waals surface area (Å²) in [6.07, 6.45) is 2.64. The predicted molar refractivity (Wildman–Crippen MR) is 69.1 cm³/mol. The summed E-state index contributed by atoms with van der Waals surface area (Å²) in [5.74, 6) is 0.325. The van der Waals surface area contributed by atoms with Crippen LogP contribution in [0.2, 0.25) is 0 Å². The summed E-state index contributed by atoms with van der Waals surface area (Å²) in [6, 6.07) is -0.324. The summed E-state index contributed by atoms with van der Waals surface area (Å²) in [5.41, 5.74) is 5.60. The van der Waals surface area contributed by atoms with Gasteiger partial charge >= 0.3 is 6.09 Å². The van der Waals surface area contributed by atoms with Crippen LogP contribution in [0.4, 0.5) is 10.6 Å². The summed E-state index contributed by atoms with van der Waals surface area (Å²) in [7, 11) is 0.